The Morgan fingerprint density at radius 2 is 1.68 bits per heavy atom. The molecule has 25 heavy (non-hydrogen) atoms. The van der Waals surface area contributed by atoms with E-state index in [0.29, 0.717) is 5.69 Å². The summed E-state index contributed by atoms with van der Waals surface area (Å²) in [6.07, 6.45) is 0. The lowest BCUT2D eigenvalue weighted by Crippen LogP contribution is -2.40. The molecule has 5 nitrogen and oxygen atoms in total. The van der Waals surface area contributed by atoms with E-state index in [1.165, 1.54) is 23.1 Å². The Labute approximate surface area is 153 Å². The summed E-state index contributed by atoms with van der Waals surface area (Å²) >= 11 is 6.07. The number of nitrogens with one attached hydrogen (secondary N) is 1. The highest BCUT2D eigenvalue weighted by Crippen LogP contribution is 2.25. The summed E-state index contributed by atoms with van der Waals surface area (Å²) in [5.41, 5.74) is 0.285. The SMILES string of the molecule is CN(C(=O)c1ccc(Cl)c(S(=O)(=O)NC(C)(C)C)c1)c1ccccc1. The lowest BCUT2D eigenvalue weighted by Gasteiger charge is -2.21. The zero-order valence-electron chi connectivity index (χ0n) is 14.6. The van der Waals surface area contributed by atoms with Gasteiger partial charge in [0.15, 0.2) is 0 Å². The van der Waals surface area contributed by atoms with Crippen LogP contribution in [0.15, 0.2) is 53.4 Å². The molecule has 0 aliphatic rings. The van der Waals surface area contributed by atoms with E-state index in [2.05, 4.69) is 4.72 Å². The van der Waals surface area contributed by atoms with Crippen LogP contribution in [-0.2, 0) is 10.0 Å². The third-order valence-corrected chi connectivity index (χ3v) is 5.60. The minimum atomic E-state index is -3.85. The number of rotatable bonds is 4. The maximum absolute atomic E-state index is 12.7. The normalized spacial score (nSPS) is 12.0. The fourth-order valence-electron chi connectivity index (χ4n) is 2.26. The Morgan fingerprint density at radius 3 is 2.24 bits per heavy atom. The Balaban J connectivity index is 2.40. The van der Waals surface area contributed by atoms with Crippen molar-refractivity contribution in [3.05, 3.63) is 59.1 Å². The van der Waals surface area contributed by atoms with Gasteiger partial charge in [-0.25, -0.2) is 13.1 Å². The van der Waals surface area contributed by atoms with E-state index < -0.39 is 15.6 Å². The predicted octanol–water partition coefficient (Wildman–Crippen LogP) is 3.69. The number of nitrogens with zero attached hydrogens (tertiary/aromatic N) is 1. The lowest BCUT2D eigenvalue weighted by molar-refractivity contribution is 0.0993. The summed E-state index contributed by atoms with van der Waals surface area (Å²) in [6, 6.07) is 13.3. The van der Waals surface area contributed by atoms with E-state index in [1.54, 1.807) is 40.0 Å². The van der Waals surface area contributed by atoms with Crippen LogP contribution < -0.4 is 9.62 Å². The number of sulfonamides is 1. The van der Waals surface area contributed by atoms with Crippen LogP contribution in [0.3, 0.4) is 0 Å². The van der Waals surface area contributed by atoms with Crippen molar-refractivity contribution in [1.82, 2.24) is 4.72 Å². The predicted molar refractivity (Wildman–Crippen MR) is 101 cm³/mol. The van der Waals surface area contributed by atoms with E-state index in [4.69, 9.17) is 11.6 Å². The van der Waals surface area contributed by atoms with Crippen molar-refractivity contribution in [2.75, 3.05) is 11.9 Å². The van der Waals surface area contributed by atoms with E-state index in [9.17, 15) is 13.2 Å². The quantitative estimate of drug-likeness (QED) is 0.879. The molecule has 0 heterocycles. The van der Waals surface area contributed by atoms with E-state index in [0.717, 1.165) is 0 Å². The van der Waals surface area contributed by atoms with E-state index in [1.807, 2.05) is 18.2 Å². The van der Waals surface area contributed by atoms with E-state index in [-0.39, 0.29) is 21.4 Å². The largest absolute Gasteiger partial charge is 0.311 e. The molecule has 2 rings (SSSR count). The number of halogens is 1. The van der Waals surface area contributed by atoms with Crippen LogP contribution in [0.2, 0.25) is 5.02 Å². The van der Waals surface area contributed by atoms with Gasteiger partial charge in [0.25, 0.3) is 5.91 Å². The highest BCUT2D eigenvalue weighted by molar-refractivity contribution is 7.89. The molecule has 0 aliphatic carbocycles. The van der Waals surface area contributed by atoms with Crippen molar-refractivity contribution in [2.45, 2.75) is 31.2 Å². The number of para-hydroxylation sites is 1. The van der Waals surface area contributed by atoms with Gasteiger partial charge < -0.3 is 4.90 Å². The first-order valence-corrected chi connectivity index (χ1v) is 9.54. The zero-order chi connectivity index (χ0) is 18.8. The highest BCUT2D eigenvalue weighted by atomic mass is 35.5. The van der Waals surface area contributed by atoms with Crippen molar-refractivity contribution in [1.29, 1.82) is 0 Å². The zero-order valence-corrected chi connectivity index (χ0v) is 16.1. The van der Waals surface area contributed by atoms with Gasteiger partial charge in [-0.2, -0.15) is 0 Å². The summed E-state index contributed by atoms with van der Waals surface area (Å²) in [4.78, 5) is 14.0. The van der Waals surface area contributed by atoms with Gasteiger partial charge in [0, 0.05) is 23.8 Å². The second-order valence-corrected chi connectivity index (χ2v) is 8.76. The molecule has 0 saturated heterocycles. The number of benzene rings is 2. The van der Waals surface area contributed by atoms with Crippen LogP contribution in [0, 0.1) is 0 Å². The van der Waals surface area contributed by atoms with Crippen LogP contribution in [-0.4, -0.2) is 26.9 Å². The van der Waals surface area contributed by atoms with Crippen molar-refractivity contribution in [2.24, 2.45) is 0 Å². The third kappa shape index (κ3) is 4.81. The van der Waals surface area contributed by atoms with Crippen molar-refractivity contribution >= 4 is 33.2 Å². The van der Waals surface area contributed by atoms with Gasteiger partial charge in [-0.3, -0.25) is 4.79 Å². The maximum atomic E-state index is 12.7. The first kappa shape index (κ1) is 19.4. The number of carbonyl (C=O) groups is 1. The summed E-state index contributed by atoms with van der Waals surface area (Å²) in [5.74, 6) is -0.324. The first-order chi connectivity index (χ1) is 11.5. The second-order valence-electron chi connectivity index (χ2n) is 6.70. The molecule has 0 spiro atoms. The number of hydrogen-bond donors (Lipinski definition) is 1. The molecule has 0 atom stereocenters. The molecule has 1 N–H and O–H groups in total. The van der Waals surface area contributed by atoms with Crippen LogP contribution in [0.25, 0.3) is 0 Å². The molecule has 1 amide bonds. The first-order valence-electron chi connectivity index (χ1n) is 7.68. The Morgan fingerprint density at radius 1 is 1.08 bits per heavy atom. The highest BCUT2D eigenvalue weighted by Gasteiger charge is 2.26. The van der Waals surface area contributed by atoms with Gasteiger partial charge >= 0.3 is 0 Å². The van der Waals surface area contributed by atoms with Crippen molar-refractivity contribution < 1.29 is 13.2 Å². The topological polar surface area (TPSA) is 66.5 Å². The van der Waals surface area contributed by atoms with Crippen molar-refractivity contribution in [3.8, 4) is 0 Å². The Kier molecular flexibility index (Phi) is 5.56. The molecular formula is C18H21ClN2O3S. The number of hydrogen-bond acceptors (Lipinski definition) is 3. The number of anilines is 1. The summed E-state index contributed by atoms with van der Waals surface area (Å²) < 4.78 is 27.7. The van der Waals surface area contributed by atoms with Crippen LogP contribution in [0.4, 0.5) is 5.69 Å². The molecule has 134 valence electrons. The molecular weight excluding hydrogens is 360 g/mol. The van der Waals surface area contributed by atoms with Gasteiger partial charge in [0.05, 0.1) is 5.02 Å². The molecule has 0 aliphatic heterocycles. The smallest absolute Gasteiger partial charge is 0.258 e. The molecule has 2 aromatic rings. The van der Waals surface area contributed by atoms with Gasteiger partial charge in [-0.05, 0) is 51.1 Å². The lowest BCUT2D eigenvalue weighted by atomic mass is 10.1. The molecule has 0 saturated carbocycles. The minimum Gasteiger partial charge on any atom is -0.311 e. The molecule has 7 heteroatoms. The fraction of sp³-hybridized carbons (Fsp3) is 0.278. The number of carbonyl (C=O) groups excluding carboxylic acids is 1. The Hall–Kier alpha value is -1.89. The molecule has 0 radical (unpaired) electrons. The van der Waals surface area contributed by atoms with Crippen molar-refractivity contribution in [3.63, 3.8) is 0 Å². The minimum absolute atomic E-state index is 0.0654. The maximum Gasteiger partial charge on any atom is 0.258 e. The molecule has 0 unspecified atom stereocenters. The van der Waals surface area contributed by atoms with Crippen LogP contribution >= 0.6 is 11.6 Å². The van der Waals surface area contributed by atoms with Gasteiger partial charge in [-0.15, -0.1) is 0 Å². The van der Waals surface area contributed by atoms with Gasteiger partial charge in [0.1, 0.15) is 4.90 Å². The Bertz CT molecular complexity index is 875. The second kappa shape index (κ2) is 7.15. The average Bonchev–Trinajstić information content (AvgIpc) is 2.52. The monoisotopic (exact) mass is 380 g/mol. The third-order valence-electron chi connectivity index (χ3n) is 3.36. The fourth-order valence-corrected chi connectivity index (χ4v) is 4.21. The average molecular weight is 381 g/mol. The standard InChI is InChI=1S/C18H21ClN2O3S/c1-18(2,3)20-25(23,24)16-12-13(10-11-15(16)19)17(22)21(4)14-8-6-5-7-9-14/h5-12,20H,1-4H3. The van der Waals surface area contributed by atoms with Crippen LogP contribution in [0.5, 0.6) is 0 Å². The molecule has 2 aromatic carbocycles. The van der Waals surface area contributed by atoms with Crippen LogP contribution in [0.1, 0.15) is 31.1 Å². The molecule has 0 bridgehead atoms. The van der Waals surface area contributed by atoms with Gasteiger partial charge in [0.2, 0.25) is 10.0 Å². The molecule has 0 fully saturated rings. The van der Waals surface area contributed by atoms with E-state index >= 15 is 0 Å². The summed E-state index contributed by atoms with van der Waals surface area (Å²) in [6.45, 7) is 5.20. The van der Waals surface area contributed by atoms with Gasteiger partial charge in [-0.1, -0.05) is 29.8 Å². The number of amides is 1. The summed E-state index contributed by atoms with van der Waals surface area (Å²) in [5, 5.41) is 0.0654. The molecule has 0 aromatic heterocycles. The summed E-state index contributed by atoms with van der Waals surface area (Å²) in [7, 11) is -2.21.